The molecule has 1 aliphatic heterocycles. The summed E-state index contributed by atoms with van der Waals surface area (Å²) in [6, 6.07) is 7.07. The van der Waals surface area contributed by atoms with Gasteiger partial charge in [0, 0.05) is 31.7 Å². The normalized spacial score (nSPS) is 23.3. The van der Waals surface area contributed by atoms with Gasteiger partial charge in [-0.05, 0) is 43.9 Å². The summed E-state index contributed by atoms with van der Waals surface area (Å²) < 4.78 is 24.7. The molecule has 2 fully saturated rings. The van der Waals surface area contributed by atoms with Crippen molar-refractivity contribution < 1.29 is 13.9 Å². The highest BCUT2D eigenvalue weighted by molar-refractivity contribution is 5.80. The topological polar surface area (TPSA) is 54.9 Å². The fourth-order valence-corrected chi connectivity index (χ4v) is 3.18. The van der Waals surface area contributed by atoms with Crippen LogP contribution in [-0.2, 0) is 14.9 Å². The van der Waals surface area contributed by atoms with E-state index >= 15 is 0 Å². The van der Waals surface area contributed by atoms with Gasteiger partial charge in [-0.2, -0.15) is 0 Å². The van der Waals surface area contributed by atoms with Crippen molar-refractivity contribution in [1.82, 2.24) is 10.6 Å². The van der Waals surface area contributed by atoms with Gasteiger partial charge in [-0.3, -0.25) is 4.99 Å². The summed E-state index contributed by atoms with van der Waals surface area (Å²) in [7, 11) is 1.76. The predicted molar refractivity (Wildman–Crippen MR) is 96.4 cm³/mol. The summed E-state index contributed by atoms with van der Waals surface area (Å²) in [5, 5.41) is 6.74. The van der Waals surface area contributed by atoms with Crippen LogP contribution in [0.5, 0.6) is 0 Å². The summed E-state index contributed by atoms with van der Waals surface area (Å²) in [5.41, 5.74) is 1.09. The third kappa shape index (κ3) is 4.92. The zero-order chi connectivity index (χ0) is 17.7. The first kappa shape index (κ1) is 18.1. The first-order valence-electron chi connectivity index (χ1n) is 9.04. The lowest BCUT2D eigenvalue weighted by Gasteiger charge is -2.22. The second-order valence-electron chi connectivity index (χ2n) is 7.08. The van der Waals surface area contributed by atoms with Gasteiger partial charge in [0.15, 0.2) is 5.96 Å². The van der Waals surface area contributed by atoms with E-state index in [1.807, 2.05) is 6.07 Å². The van der Waals surface area contributed by atoms with E-state index in [0.717, 1.165) is 43.9 Å². The van der Waals surface area contributed by atoms with E-state index in [1.54, 1.807) is 19.2 Å². The molecular weight excluding hydrogens is 321 g/mol. The van der Waals surface area contributed by atoms with E-state index in [0.29, 0.717) is 13.2 Å². The van der Waals surface area contributed by atoms with Crippen molar-refractivity contribution in [1.29, 1.82) is 0 Å². The smallest absolute Gasteiger partial charge is 0.191 e. The van der Waals surface area contributed by atoms with Gasteiger partial charge < -0.3 is 20.1 Å². The molecule has 0 spiro atoms. The molecule has 2 N–H and O–H groups in total. The number of ether oxygens (including phenoxy) is 2. The molecule has 0 radical (unpaired) electrons. The summed E-state index contributed by atoms with van der Waals surface area (Å²) in [4.78, 5) is 4.29. The maximum Gasteiger partial charge on any atom is 0.191 e. The molecule has 2 atom stereocenters. The fourth-order valence-electron chi connectivity index (χ4n) is 3.18. The Balaban J connectivity index is 1.46. The minimum absolute atomic E-state index is 0.0284. The van der Waals surface area contributed by atoms with Crippen LogP contribution >= 0.6 is 0 Å². The van der Waals surface area contributed by atoms with Crippen molar-refractivity contribution in [2.45, 2.75) is 43.7 Å². The van der Waals surface area contributed by atoms with E-state index in [1.165, 1.54) is 6.07 Å². The molecule has 6 heteroatoms. The van der Waals surface area contributed by atoms with Crippen LogP contribution in [-0.4, -0.2) is 51.5 Å². The number of aliphatic imine (C=N–C) groups is 1. The molecule has 0 bridgehead atoms. The highest BCUT2D eigenvalue weighted by atomic mass is 19.1. The lowest BCUT2D eigenvalue weighted by atomic mass is 9.96. The van der Waals surface area contributed by atoms with Gasteiger partial charge in [0.25, 0.3) is 0 Å². The maximum absolute atomic E-state index is 13.5. The number of hydrogen-bond acceptors (Lipinski definition) is 3. The monoisotopic (exact) mass is 349 g/mol. The van der Waals surface area contributed by atoms with Crippen molar-refractivity contribution in [3.05, 3.63) is 35.6 Å². The number of nitrogens with one attached hydrogen (secondary N) is 2. The van der Waals surface area contributed by atoms with Crippen molar-refractivity contribution in [2.75, 3.05) is 33.4 Å². The van der Waals surface area contributed by atoms with Gasteiger partial charge in [-0.1, -0.05) is 12.1 Å². The zero-order valence-corrected chi connectivity index (χ0v) is 15.1. The van der Waals surface area contributed by atoms with Gasteiger partial charge in [0.1, 0.15) is 5.82 Å². The summed E-state index contributed by atoms with van der Waals surface area (Å²) in [5.74, 6) is 0.578. The van der Waals surface area contributed by atoms with Crippen LogP contribution in [0.25, 0.3) is 0 Å². The fraction of sp³-hybridized carbons (Fsp3) is 0.632. The van der Waals surface area contributed by atoms with E-state index in [4.69, 9.17) is 9.47 Å². The van der Waals surface area contributed by atoms with E-state index in [9.17, 15) is 4.39 Å². The van der Waals surface area contributed by atoms with Crippen LogP contribution in [0.1, 0.15) is 31.7 Å². The minimum Gasteiger partial charge on any atom is -0.379 e. The molecular formula is C19H28FN3O2. The molecule has 0 amide bonds. The number of guanidine groups is 1. The molecule has 138 valence electrons. The Hall–Kier alpha value is -1.66. The van der Waals surface area contributed by atoms with Gasteiger partial charge in [-0.15, -0.1) is 0 Å². The Labute approximate surface area is 149 Å². The number of benzene rings is 1. The average Bonchev–Trinajstić information content (AvgIpc) is 3.22. The Morgan fingerprint density at radius 3 is 2.96 bits per heavy atom. The lowest BCUT2D eigenvalue weighted by Crippen LogP contribution is -2.46. The third-order valence-electron chi connectivity index (χ3n) is 4.96. The molecule has 25 heavy (non-hydrogen) atoms. The Kier molecular flexibility index (Phi) is 5.91. The van der Waals surface area contributed by atoms with Crippen LogP contribution in [0, 0.1) is 5.82 Å². The molecule has 0 aromatic heterocycles. The standard InChI is InChI=1S/C19H28FN3O2/c1-14(11-25-17-6-9-24-12-17)23-18(21-2)22-13-19(7-8-19)15-4-3-5-16(20)10-15/h3-5,10,14,17H,6-9,11-13H2,1-2H3,(H2,21,22,23). The molecule has 2 unspecified atom stereocenters. The first-order valence-corrected chi connectivity index (χ1v) is 9.04. The molecule has 1 heterocycles. The summed E-state index contributed by atoms with van der Waals surface area (Å²) in [6.07, 6.45) is 3.32. The number of hydrogen-bond donors (Lipinski definition) is 2. The SMILES string of the molecule is CN=C(NCC1(c2cccc(F)c2)CC1)NC(C)COC1CCOC1. The van der Waals surface area contributed by atoms with E-state index < -0.39 is 0 Å². The predicted octanol–water partition coefficient (Wildman–Crippen LogP) is 2.22. The maximum atomic E-state index is 13.5. The van der Waals surface area contributed by atoms with Crippen LogP contribution < -0.4 is 10.6 Å². The Morgan fingerprint density at radius 1 is 1.48 bits per heavy atom. The van der Waals surface area contributed by atoms with Crippen molar-refractivity contribution in [3.63, 3.8) is 0 Å². The highest BCUT2D eigenvalue weighted by Gasteiger charge is 2.44. The number of halogens is 1. The Morgan fingerprint density at radius 2 is 2.32 bits per heavy atom. The van der Waals surface area contributed by atoms with Crippen molar-refractivity contribution in [3.8, 4) is 0 Å². The van der Waals surface area contributed by atoms with E-state index in [2.05, 4.69) is 22.5 Å². The molecule has 1 aliphatic carbocycles. The second-order valence-corrected chi connectivity index (χ2v) is 7.08. The van der Waals surface area contributed by atoms with Gasteiger partial charge in [-0.25, -0.2) is 4.39 Å². The molecule has 1 saturated heterocycles. The van der Waals surface area contributed by atoms with Gasteiger partial charge in [0.2, 0.25) is 0 Å². The van der Waals surface area contributed by atoms with Crippen LogP contribution in [0.4, 0.5) is 4.39 Å². The van der Waals surface area contributed by atoms with Crippen LogP contribution in [0.3, 0.4) is 0 Å². The minimum atomic E-state index is -0.173. The van der Waals surface area contributed by atoms with Crippen molar-refractivity contribution >= 4 is 5.96 Å². The molecule has 1 saturated carbocycles. The second kappa shape index (κ2) is 8.15. The van der Waals surface area contributed by atoms with Gasteiger partial charge in [0.05, 0.1) is 19.3 Å². The van der Waals surface area contributed by atoms with Crippen LogP contribution in [0.15, 0.2) is 29.3 Å². The molecule has 1 aromatic carbocycles. The number of rotatable bonds is 7. The quantitative estimate of drug-likeness (QED) is 0.585. The molecule has 2 aliphatic rings. The average molecular weight is 349 g/mol. The first-order chi connectivity index (χ1) is 12.1. The Bertz CT molecular complexity index is 598. The van der Waals surface area contributed by atoms with Crippen molar-refractivity contribution in [2.24, 2.45) is 4.99 Å². The molecule has 5 nitrogen and oxygen atoms in total. The largest absolute Gasteiger partial charge is 0.379 e. The van der Waals surface area contributed by atoms with Gasteiger partial charge >= 0.3 is 0 Å². The summed E-state index contributed by atoms with van der Waals surface area (Å²) in [6.45, 7) is 4.92. The van der Waals surface area contributed by atoms with E-state index in [-0.39, 0.29) is 23.4 Å². The molecule has 1 aromatic rings. The lowest BCUT2D eigenvalue weighted by molar-refractivity contribution is 0.0347. The number of nitrogens with zero attached hydrogens (tertiary/aromatic N) is 1. The third-order valence-corrected chi connectivity index (χ3v) is 4.96. The molecule has 3 rings (SSSR count). The zero-order valence-electron chi connectivity index (χ0n) is 15.1. The highest BCUT2D eigenvalue weighted by Crippen LogP contribution is 2.47. The summed E-state index contributed by atoms with van der Waals surface area (Å²) >= 11 is 0. The van der Waals surface area contributed by atoms with Crippen LogP contribution in [0.2, 0.25) is 0 Å².